The molecule has 2 atom stereocenters. The Bertz CT molecular complexity index is 907. The van der Waals surface area contributed by atoms with E-state index in [0.717, 1.165) is 31.2 Å². The molecule has 26 heavy (non-hydrogen) atoms. The van der Waals surface area contributed by atoms with Crippen molar-refractivity contribution in [2.45, 2.75) is 57.0 Å². The van der Waals surface area contributed by atoms with E-state index in [1.165, 1.54) is 0 Å². The number of aromatic nitrogens is 2. The van der Waals surface area contributed by atoms with Crippen LogP contribution < -0.4 is 11.0 Å². The van der Waals surface area contributed by atoms with Gasteiger partial charge in [0, 0.05) is 17.6 Å². The SMILES string of the molecule is O=C(N[C@H]1CC[C@@H](C(=O)O)C1)c1ccc2c(c1)[nH]c(=O)n2C1CCCC1. The molecule has 7 heteroatoms. The molecule has 4 rings (SSSR count). The maximum atomic E-state index is 12.5. The van der Waals surface area contributed by atoms with E-state index in [2.05, 4.69) is 10.3 Å². The molecule has 2 aliphatic rings. The number of fused-ring (bicyclic) bond motifs is 1. The van der Waals surface area contributed by atoms with Crippen molar-refractivity contribution in [2.75, 3.05) is 0 Å². The Morgan fingerprint density at radius 1 is 1.15 bits per heavy atom. The van der Waals surface area contributed by atoms with E-state index in [9.17, 15) is 14.4 Å². The Balaban J connectivity index is 1.53. The molecule has 0 spiro atoms. The average Bonchev–Trinajstić information content (AvgIpc) is 3.32. The second kappa shape index (κ2) is 6.63. The number of nitrogens with one attached hydrogen (secondary N) is 2. The van der Waals surface area contributed by atoms with Gasteiger partial charge >= 0.3 is 11.7 Å². The summed E-state index contributed by atoms with van der Waals surface area (Å²) >= 11 is 0. The van der Waals surface area contributed by atoms with Gasteiger partial charge in [0.25, 0.3) is 5.91 Å². The number of aliphatic carboxylic acids is 1. The molecule has 2 fully saturated rings. The van der Waals surface area contributed by atoms with Gasteiger partial charge in [0.15, 0.2) is 0 Å². The largest absolute Gasteiger partial charge is 0.481 e. The monoisotopic (exact) mass is 357 g/mol. The van der Waals surface area contributed by atoms with Crippen molar-refractivity contribution in [1.82, 2.24) is 14.9 Å². The first-order valence-corrected chi connectivity index (χ1v) is 9.31. The maximum absolute atomic E-state index is 12.5. The Kier molecular flexibility index (Phi) is 4.30. The molecule has 3 N–H and O–H groups in total. The fourth-order valence-corrected chi connectivity index (χ4v) is 4.40. The molecule has 0 aliphatic heterocycles. The molecule has 2 saturated carbocycles. The Morgan fingerprint density at radius 2 is 1.92 bits per heavy atom. The number of hydrogen-bond acceptors (Lipinski definition) is 3. The highest BCUT2D eigenvalue weighted by Gasteiger charge is 2.30. The predicted octanol–water partition coefficient (Wildman–Crippen LogP) is 2.43. The molecule has 2 aromatic rings. The minimum Gasteiger partial charge on any atom is -0.481 e. The molecular formula is C19H23N3O4. The summed E-state index contributed by atoms with van der Waals surface area (Å²) in [6.07, 6.45) is 6.06. The van der Waals surface area contributed by atoms with Crippen LogP contribution in [0, 0.1) is 5.92 Å². The predicted molar refractivity (Wildman–Crippen MR) is 96.3 cm³/mol. The molecule has 1 aromatic carbocycles. The average molecular weight is 357 g/mol. The number of amides is 1. The zero-order valence-electron chi connectivity index (χ0n) is 14.5. The van der Waals surface area contributed by atoms with E-state index >= 15 is 0 Å². The molecule has 0 unspecified atom stereocenters. The second-order valence-electron chi connectivity index (χ2n) is 7.49. The molecule has 1 heterocycles. The second-order valence-corrected chi connectivity index (χ2v) is 7.49. The Labute approximate surface area is 150 Å². The first-order valence-electron chi connectivity index (χ1n) is 9.31. The van der Waals surface area contributed by atoms with E-state index in [0.29, 0.717) is 30.3 Å². The van der Waals surface area contributed by atoms with Crippen LogP contribution in [0.5, 0.6) is 0 Å². The minimum absolute atomic E-state index is 0.110. The standard InChI is InChI=1S/C19H23N3O4/c23-17(20-13-7-5-12(9-13)18(24)25)11-6-8-16-15(10-11)21-19(26)22(16)14-3-1-2-4-14/h6,8,10,12-14H,1-5,7,9H2,(H,20,23)(H,21,26)(H,24,25)/t12-,13+/m1/s1. The van der Waals surface area contributed by atoms with Crippen molar-refractivity contribution in [3.63, 3.8) is 0 Å². The Morgan fingerprint density at radius 3 is 2.62 bits per heavy atom. The van der Waals surface area contributed by atoms with E-state index in [1.54, 1.807) is 12.1 Å². The summed E-state index contributed by atoms with van der Waals surface area (Å²) in [4.78, 5) is 38.8. The van der Waals surface area contributed by atoms with Crippen LogP contribution in [-0.2, 0) is 4.79 Å². The highest BCUT2D eigenvalue weighted by molar-refractivity contribution is 5.97. The van der Waals surface area contributed by atoms with Gasteiger partial charge in [-0.3, -0.25) is 14.2 Å². The molecule has 7 nitrogen and oxygen atoms in total. The number of carboxylic acid groups (broad SMARTS) is 1. The van der Waals surface area contributed by atoms with Crippen LogP contribution in [0.4, 0.5) is 0 Å². The summed E-state index contributed by atoms with van der Waals surface area (Å²) in [5, 5.41) is 12.0. The number of benzene rings is 1. The smallest absolute Gasteiger partial charge is 0.326 e. The highest BCUT2D eigenvalue weighted by atomic mass is 16.4. The van der Waals surface area contributed by atoms with E-state index in [-0.39, 0.29) is 29.6 Å². The van der Waals surface area contributed by atoms with Gasteiger partial charge in [-0.25, -0.2) is 4.79 Å². The summed E-state index contributed by atoms with van der Waals surface area (Å²) in [7, 11) is 0. The number of aromatic amines is 1. The van der Waals surface area contributed by atoms with Crippen LogP contribution in [0.25, 0.3) is 11.0 Å². The number of nitrogens with zero attached hydrogens (tertiary/aromatic N) is 1. The number of imidazole rings is 1. The zero-order valence-corrected chi connectivity index (χ0v) is 14.5. The summed E-state index contributed by atoms with van der Waals surface area (Å²) in [6.45, 7) is 0. The zero-order chi connectivity index (χ0) is 18.3. The summed E-state index contributed by atoms with van der Waals surface area (Å²) in [6, 6.07) is 5.40. The van der Waals surface area contributed by atoms with Crippen molar-refractivity contribution in [3.8, 4) is 0 Å². The minimum atomic E-state index is -0.797. The van der Waals surface area contributed by atoms with Crippen LogP contribution in [-0.4, -0.2) is 32.6 Å². The van der Waals surface area contributed by atoms with Crippen molar-refractivity contribution >= 4 is 22.9 Å². The molecule has 138 valence electrons. The topological polar surface area (TPSA) is 104 Å². The van der Waals surface area contributed by atoms with Crippen LogP contribution in [0.2, 0.25) is 0 Å². The van der Waals surface area contributed by atoms with E-state index in [4.69, 9.17) is 5.11 Å². The first-order chi connectivity index (χ1) is 12.5. The van der Waals surface area contributed by atoms with Gasteiger partial charge in [0.1, 0.15) is 0 Å². The number of carbonyl (C=O) groups excluding carboxylic acids is 1. The molecule has 1 amide bonds. The fraction of sp³-hybridized carbons (Fsp3) is 0.526. The van der Waals surface area contributed by atoms with Gasteiger partial charge in [0.05, 0.1) is 17.0 Å². The maximum Gasteiger partial charge on any atom is 0.326 e. The van der Waals surface area contributed by atoms with Gasteiger partial charge < -0.3 is 15.4 Å². The van der Waals surface area contributed by atoms with Gasteiger partial charge in [-0.2, -0.15) is 0 Å². The summed E-state index contributed by atoms with van der Waals surface area (Å²) < 4.78 is 1.82. The number of rotatable bonds is 4. The lowest BCUT2D eigenvalue weighted by molar-refractivity contribution is -0.141. The molecule has 2 aliphatic carbocycles. The molecule has 0 saturated heterocycles. The van der Waals surface area contributed by atoms with Crippen LogP contribution >= 0.6 is 0 Å². The van der Waals surface area contributed by atoms with Crippen molar-refractivity contribution < 1.29 is 14.7 Å². The normalized spacial score (nSPS) is 23.5. The van der Waals surface area contributed by atoms with E-state index in [1.807, 2.05) is 10.6 Å². The fourth-order valence-electron chi connectivity index (χ4n) is 4.40. The third-order valence-corrected chi connectivity index (χ3v) is 5.79. The van der Waals surface area contributed by atoms with Crippen molar-refractivity contribution in [1.29, 1.82) is 0 Å². The third kappa shape index (κ3) is 3.02. The number of hydrogen-bond donors (Lipinski definition) is 3. The molecule has 0 bridgehead atoms. The number of H-pyrrole nitrogens is 1. The molecular weight excluding hydrogens is 334 g/mol. The van der Waals surface area contributed by atoms with Gasteiger partial charge in [-0.15, -0.1) is 0 Å². The number of carboxylic acids is 1. The van der Waals surface area contributed by atoms with Crippen LogP contribution in [0.1, 0.15) is 61.3 Å². The van der Waals surface area contributed by atoms with Gasteiger partial charge in [0.2, 0.25) is 0 Å². The van der Waals surface area contributed by atoms with E-state index < -0.39 is 5.97 Å². The van der Waals surface area contributed by atoms with Gasteiger partial charge in [-0.05, 0) is 50.3 Å². The highest BCUT2D eigenvalue weighted by Crippen LogP contribution is 2.31. The lowest BCUT2D eigenvalue weighted by Crippen LogP contribution is -2.33. The van der Waals surface area contributed by atoms with Crippen molar-refractivity contribution in [3.05, 3.63) is 34.2 Å². The lowest BCUT2D eigenvalue weighted by atomic mass is 10.1. The summed E-state index contributed by atoms with van der Waals surface area (Å²) in [5.74, 6) is -1.40. The Hall–Kier alpha value is -2.57. The van der Waals surface area contributed by atoms with Gasteiger partial charge in [-0.1, -0.05) is 12.8 Å². The third-order valence-electron chi connectivity index (χ3n) is 5.79. The quantitative estimate of drug-likeness (QED) is 0.781. The molecule has 0 radical (unpaired) electrons. The first kappa shape index (κ1) is 16.9. The number of carbonyl (C=O) groups is 2. The lowest BCUT2D eigenvalue weighted by Gasteiger charge is -2.13. The molecule has 1 aromatic heterocycles. The summed E-state index contributed by atoms with van der Waals surface area (Å²) in [5.41, 5.74) is 1.87. The van der Waals surface area contributed by atoms with Crippen LogP contribution in [0.3, 0.4) is 0 Å². The van der Waals surface area contributed by atoms with Crippen LogP contribution in [0.15, 0.2) is 23.0 Å². The van der Waals surface area contributed by atoms with Crippen molar-refractivity contribution in [2.24, 2.45) is 5.92 Å².